The minimum absolute atomic E-state index is 0.227. The molecule has 2 aromatic rings. The number of piperazine rings is 2. The molecule has 0 radical (unpaired) electrons. The Morgan fingerprint density at radius 2 is 2.04 bits per heavy atom. The summed E-state index contributed by atoms with van der Waals surface area (Å²) in [5.41, 5.74) is 1.65. The highest BCUT2D eigenvalue weighted by molar-refractivity contribution is 7.09. The number of nitrogens with zero attached hydrogens (tertiary/aromatic N) is 3. The van der Waals surface area contributed by atoms with Crippen LogP contribution in [-0.2, 0) is 16.1 Å². The van der Waals surface area contributed by atoms with Crippen LogP contribution in [0.15, 0.2) is 29.6 Å². The van der Waals surface area contributed by atoms with Crippen molar-refractivity contribution in [3.63, 3.8) is 0 Å². The molecule has 1 aromatic heterocycles. The monoisotopic (exact) mass is 390 g/mol. The number of aliphatic hydroxyl groups excluding tert-OH is 1. The number of halogens is 1. The minimum atomic E-state index is -0.836. The first-order valence-electron chi connectivity index (χ1n) is 8.69. The van der Waals surface area contributed by atoms with Crippen LogP contribution in [0.4, 0.5) is 4.39 Å². The zero-order chi connectivity index (χ0) is 19.0. The van der Waals surface area contributed by atoms with Crippen molar-refractivity contribution in [2.75, 3.05) is 26.2 Å². The maximum absolute atomic E-state index is 13.1. The first-order valence-corrected chi connectivity index (χ1v) is 9.57. The molecule has 0 bridgehead atoms. The molecule has 3 heterocycles. The number of aliphatic hydroxyl groups is 1. The molecule has 0 aliphatic carbocycles. The summed E-state index contributed by atoms with van der Waals surface area (Å²) in [6, 6.07) is 4.84. The van der Waals surface area contributed by atoms with Gasteiger partial charge in [-0.05, 0) is 24.3 Å². The Balaban J connectivity index is 1.42. The van der Waals surface area contributed by atoms with E-state index in [9.17, 15) is 19.1 Å². The van der Waals surface area contributed by atoms with Crippen molar-refractivity contribution >= 4 is 23.2 Å². The Morgan fingerprint density at radius 1 is 1.26 bits per heavy atom. The van der Waals surface area contributed by atoms with Gasteiger partial charge in [-0.1, -0.05) is 0 Å². The highest BCUT2D eigenvalue weighted by Gasteiger charge is 2.43. The second kappa shape index (κ2) is 7.34. The predicted molar refractivity (Wildman–Crippen MR) is 97.3 cm³/mol. The van der Waals surface area contributed by atoms with Crippen LogP contribution in [0.1, 0.15) is 5.01 Å². The van der Waals surface area contributed by atoms with E-state index in [4.69, 9.17) is 0 Å². The molecule has 2 aliphatic heterocycles. The molecule has 142 valence electrons. The normalized spacial score (nSPS) is 23.3. The van der Waals surface area contributed by atoms with Gasteiger partial charge in [0.15, 0.2) is 0 Å². The average Bonchev–Trinajstić information content (AvgIpc) is 3.13. The van der Waals surface area contributed by atoms with Crippen LogP contribution >= 0.6 is 11.3 Å². The zero-order valence-electron chi connectivity index (χ0n) is 14.5. The molecule has 2 amide bonds. The summed E-state index contributed by atoms with van der Waals surface area (Å²) in [6.07, 6.45) is 0. The van der Waals surface area contributed by atoms with Crippen LogP contribution in [0.2, 0.25) is 0 Å². The SMILES string of the molecule is O=C1N[C@@H](CO)C(=O)N2CCN(Cc3nc(-c4ccc(F)cc4)cs3)C[C@H]12. The molecule has 2 saturated heterocycles. The fourth-order valence-corrected chi connectivity index (χ4v) is 4.30. The molecule has 0 unspecified atom stereocenters. The van der Waals surface area contributed by atoms with Gasteiger partial charge in [-0.25, -0.2) is 9.37 Å². The number of rotatable bonds is 4. The Kier molecular flexibility index (Phi) is 4.90. The van der Waals surface area contributed by atoms with Crippen LogP contribution in [0.3, 0.4) is 0 Å². The lowest BCUT2D eigenvalue weighted by atomic mass is 10.0. The first-order chi connectivity index (χ1) is 13.0. The zero-order valence-corrected chi connectivity index (χ0v) is 15.3. The highest BCUT2D eigenvalue weighted by Crippen LogP contribution is 2.24. The average molecular weight is 390 g/mol. The van der Waals surface area contributed by atoms with Gasteiger partial charge in [0.1, 0.15) is 22.9 Å². The van der Waals surface area contributed by atoms with Crippen LogP contribution in [0, 0.1) is 5.82 Å². The summed E-state index contributed by atoms with van der Waals surface area (Å²) in [5.74, 6) is -0.741. The molecule has 2 atom stereocenters. The molecule has 0 spiro atoms. The number of carbonyl (C=O) groups excluding carboxylic acids is 2. The van der Waals surface area contributed by atoms with E-state index in [0.29, 0.717) is 26.2 Å². The van der Waals surface area contributed by atoms with Gasteiger partial charge in [-0.2, -0.15) is 0 Å². The predicted octanol–water partition coefficient (Wildman–Crippen LogP) is 0.453. The minimum Gasteiger partial charge on any atom is -0.394 e. The third-order valence-electron chi connectivity index (χ3n) is 4.90. The van der Waals surface area contributed by atoms with Crippen molar-refractivity contribution in [3.8, 4) is 11.3 Å². The van der Waals surface area contributed by atoms with Crippen molar-refractivity contribution < 1.29 is 19.1 Å². The number of aromatic nitrogens is 1. The van der Waals surface area contributed by atoms with Crippen molar-refractivity contribution in [2.45, 2.75) is 18.6 Å². The van der Waals surface area contributed by atoms with E-state index in [2.05, 4.69) is 15.2 Å². The molecule has 1 aromatic carbocycles. The molecule has 2 N–H and O–H groups in total. The number of amides is 2. The van der Waals surface area contributed by atoms with E-state index in [0.717, 1.165) is 16.3 Å². The van der Waals surface area contributed by atoms with Crippen LogP contribution in [0.5, 0.6) is 0 Å². The number of hydrogen-bond acceptors (Lipinski definition) is 6. The van der Waals surface area contributed by atoms with Crippen molar-refractivity contribution in [1.29, 1.82) is 0 Å². The Morgan fingerprint density at radius 3 is 2.78 bits per heavy atom. The van der Waals surface area contributed by atoms with Gasteiger partial charge in [-0.3, -0.25) is 14.5 Å². The van der Waals surface area contributed by atoms with E-state index in [1.165, 1.54) is 23.5 Å². The fourth-order valence-electron chi connectivity index (χ4n) is 3.45. The van der Waals surface area contributed by atoms with E-state index in [1.54, 1.807) is 17.0 Å². The molecule has 9 heteroatoms. The molecule has 4 rings (SSSR count). The van der Waals surface area contributed by atoms with Crippen molar-refractivity contribution in [3.05, 3.63) is 40.5 Å². The quantitative estimate of drug-likeness (QED) is 0.792. The summed E-state index contributed by atoms with van der Waals surface area (Å²) < 4.78 is 13.1. The largest absolute Gasteiger partial charge is 0.394 e. The smallest absolute Gasteiger partial charge is 0.248 e. The number of nitrogens with one attached hydrogen (secondary N) is 1. The van der Waals surface area contributed by atoms with Crippen LogP contribution < -0.4 is 5.32 Å². The lowest BCUT2D eigenvalue weighted by Crippen LogP contribution is -2.69. The molecule has 0 saturated carbocycles. The molecular weight excluding hydrogens is 371 g/mol. The molecule has 27 heavy (non-hydrogen) atoms. The van der Waals surface area contributed by atoms with Crippen LogP contribution in [-0.4, -0.2) is 70.0 Å². The number of benzene rings is 1. The van der Waals surface area contributed by atoms with Crippen LogP contribution in [0.25, 0.3) is 11.3 Å². The second-order valence-electron chi connectivity index (χ2n) is 6.66. The lowest BCUT2D eigenvalue weighted by molar-refractivity contribution is -0.154. The Labute approximate surface area is 159 Å². The van der Waals surface area contributed by atoms with Gasteiger partial charge < -0.3 is 15.3 Å². The van der Waals surface area contributed by atoms with Gasteiger partial charge in [0.05, 0.1) is 18.8 Å². The van der Waals surface area contributed by atoms with E-state index in [-0.39, 0.29) is 24.2 Å². The maximum Gasteiger partial charge on any atom is 0.248 e. The summed E-state index contributed by atoms with van der Waals surface area (Å²) in [4.78, 5) is 32.8. The summed E-state index contributed by atoms with van der Waals surface area (Å²) in [7, 11) is 0. The molecule has 2 aliphatic rings. The van der Waals surface area contributed by atoms with Gasteiger partial charge in [0, 0.05) is 30.6 Å². The Bertz CT molecular complexity index is 857. The third-order valence-corrected chi connectivity index (χ3v) is 5.73. The van der Waals surface area contributed by atoms with Crippen molar-refractivity contribution in [1.82, 2.24) is 20.1 Å². The molecular formula is C18H19FN4O3S. The number of thiazole rings is 1. The summed E-state index contributed by atoms with van der Waals surface area (Å²) in [6.45, 7) is 1.72. The summed E-state index contributed by atoms with van der Waals surface area (Å²) >= 11 is 1.52. The first kappa shape index (κ1) is 18.0. The standard InChI is InChI=1S/C18H19FN4O3S/c19-12-3-1-11(2-4-12)14-10-27-16(20-14)8-22-5-6-23-15(7-22)17(25)21-13(9-24)18(23)26/h1-4,10,13,15,24H,5-9H2,(H,21,25)/t13-,15+/m0/s1. The van der Waals surface area contributed by atoms with Gasteiger partial charge in [0.25, 0.3) is 0 Å². The number of hydrogen-bond donors (Lipinski definition) is 2. The molecule has 7 nitrogen and oxygen atoms in total. The van der Waals surface area contributed by atoms with E-state index >= 15 is 0 Å². The van der Waals surface area contributed by atoms with Gasteiger partial charge >= 0.3 is 0 Å². The van der Waals surface area contributed by atoms with Gasteiger partial charge in [0.2, 0.25) is 11.8 Å². The highest BCUT2D eigenvalue weighted by atomic mass is 32.1. The van der Waals surface area contributed by atoms with E-state index < -0.39 is 12.1 Å². The third kappa shape index (κ3) is 3.58. The topological polar surface area (TPSA) is 85.8 Å². The van der Waals surface area contributed by atoms with E-state index in [1.807, 2.05) is 5.38 Å². The summed E-state index contributed by atoms with van der Waals surface area (Å²) in [5, 5.41) is 14.6. The number of carbonyl (C=O) groups is 2. The maximum atomic E-state index is 13.1. The molecule has 2 fully saturated rings. The van der Waals surface area contributed by atoms with Gasteiger partial charge in [-0.15, -0.1) is 11.3 Å². The second-order valence-corrected chi connectivity index (χ2v) is 7.60. The van der Waals surface area contributed by atoms with Crippen molar-refractivity contribution in [2.24, 2.45) is 0 Å². The number of fused-ring (bicyclic) bond motifs is 1. The fraction of sp³-hybridized carbons (Fsp3) is 0.389. The lowest BCUT2D eigenvalue weighted by Gasteiger charge is -2.44. The Hall–Kier alpha value is -2.36.